The first-order valence-electron chi connectivity index (χ1n) is 6.15. The third-order valence-electron chi connectivity index (χ3n) is 2.86. The highest BCUT2D eigenvalue weighted by atomic mass is 79.9. The van der Waals surface area contributed by atoms with Crippen LogP contribution in [0.4, 0.5) is 0 Å². The number of hydrogen-bond donors (Lipinski definition) is 1. The molecule has 1 rings (SSSR count). The van der Waals surface area contributed by atoms with Crippen LogP contribution in [0.5, 0.6) is 0 Å². The second kappa shape index (κ2) is 5.95. The van der Waals surface area contributed by atoms with Crippen molar-refractivity contribution >= 4 is 27.9 Å². The number of aliphatic carboxylic acids is 1. The van der Waals surface area contributed by atoms with E-state index in [9.17, 15) is 9.59 Å². The van der Waals surface area contributed by atoms with Gasteiger partial charge in [-0.2, -0.15) is 0 Å². The third kappa shape index (κ3) is 3.59. The van der Waals surface area contributed by atoms with Crippen LogP contribution in [0.2, 0.25) is 0 Å². The number of carboxylic acid groups (broad SMARTS) is 1. The number of esters is 1. The van der Waals surface area contributed by atoms with Crippen LogP contribution in [0, 0.1) is 5.41 Å². The van der Waals surface area contributed by atoms with E-state index in [1.165, 1.54) is 6.26 Å². The minimum Gasteiger partial charge on any atom is -0.481 e. The molecule has 112 valence electrons. The summed E-state index contributed by atoms with van der Waals surface area (Å²) in [5.74, 6) is -1.15. The normalized spacial score (nSPS) is 14.7. The zero-order chi connectivity index (χ0) is 15.6. The summed E-state index contributed by atoms with van der Waals surface area (Å²) in [4.78, 5) is 27.1. The highest BCUT2D eigenvalue weighted by Crippen LogP contribution is 2.32. The van der Waals surface area contributed by atoms with Crippen LogP contribution in [0.15, 0.2) is 10.7 Å². The molecule has 6 nitrogen and oxygen atoms in total. The Kier molecular flexibility index (Phi) is 4.96. The van der Waals surface area contributed by atoms with Crippen LogP contribution in [0.25, 0.3) is 0 Å². The Morgan fingerprint density at radius 2 is 2.05 bits per heavy atom. The van der Waals surface area contributed by atoms with Gasteiger partial charge in [-0.05, 0) is 27.7 Å². The molecule has 1 aromatic heterocycles. The molecule has 0 aromatic carbocycles. The smallest absolute Gasteiger partial charge is 0.328 e. The summed E-state index contributed by atoms with van der Waals surface area (Å²) in [5.41, 5.74) is -0.637. The van der Waals surface area contributed by atoms with E-state index in [1.807, 2.05) is 0 Å². The molecule has 0 amide bonds. The van der Waals surface area contributed by atoms with E-state index < -0.39 is 21.7 Å². The maximum atomic E-state index is 11.8. The van der Waals surface area contributed by atoms with Crippen LogP contribution >= 0.6 is 15.9 Å². The lowest BCUT2D eigenvalue weighted by Gasteiger charge is -2.17. The molecule has 0 saturated heterocycles. The lowest BCUT2D eigenvalue weighted by atomic mass is 9.90. The number of rotatable bonds is 6. The Bertz CT molecular complexity index is 507. The second-order valence-corrected chi connectivity index (χ2v) is 6.80. The first kappa shape index (κ1) is 16.7. The van der Waals surface area contributed by atoms with Crippen molar-refractivity contribution in [2.75, 3.05) is 6.61 Å². The lowest BCUT2D eigenvalue weighted by Crippen LogP contribution is -2.29. The molecular formula is C13H18BrNO5. The number of carbonyl (C=O) groups excluding carboxylic acids is 1. The van der Waals surface area contributed by atoms with Crippen LogP contribution < -0.4 is 0 Å². The largest absolute Gasteiger partial charge is 0.481 e. The first-order chi connectivity index (χ1) is 9.11. The van der Waals surface area contributed by atoms with E-state index in [-0.39, 0.29) is 18.9 Å². The fraction of sp³-hybridized carbons (Fsp3) is 0.615. The van der Waals surface area contributed by atoms with Crippen molar-refractivity contribution in [3.63, 3.8) is 0 Å². The molecule has 1 unspecified atom stereocenters. The number of aromatic nitrogens is 1. The van der Waals surface area contributed by atoms with E-state index in [1.54, 1.807) is 27.7 Å². The predicted octanol–water partition coefficient (Wildman–Crippen LogP) is 2.50. The van der Waals surface area contributed by atoms with Crippen LogP contribution in [0.3, 0.4) is 0 Å². The first-order valence-corrected chi connectivity index (χ1v) is 6.95. The van der Waals surface area contributed by atoms with Gasteiger partial charge in [-0.3, -0.25) is 9.59 Å². The SMILES string of the molecule is CCOC(=O)C(C)(Br)c1coc(CC(C)(C)C(=O)O)n1. The molecule has 0 aliphatic carbocycles. The van der Waals surface area contributed by atoms with Gasteiger partial charge >= 0.3 is 11.9 Å². The molecule has 1 atom stereocenters. The fourth-order valence-electron chi connectivity index (χ4n) is 1.43. The van der Waals surface area contributed by atoms with E-state index in [4.69, 9.17) is 14.3 Å². The number of carboxylic acids is 1. The molecule has 0 radical (unpaired) electrons. The molecule has 0 spiro atoms. The van der Waals surface area contributed by atoms with Gasteiger partial charge in [0.25, 0.3) is 0 Å². The number of nitrogens with zero attached hydrogens (tertiary/aromatic N) is 1. The fourth-order valence-corrected chi connectivity index (χ4v) is 1.73. The van der Waals surface area contributed by atoms with Crippen molar-refractivity contribution in [1.82, 2.24) is 4.98 Å². The zero-order valence-electron chi connectivity index (χ0n) is 11.9. The maximum absolute atomic E-state index is 11.8. The van der Waals surface area contributed by atoms with Crippen molar-refractivity contribution in [3.8, 4) is 0 Å². The van der Waals surface area contributed by atoms with Crippen LogP contribution in [-0.4, -0.2) is 28.6 Å². The molecule has 0 aliphatic rings. The number of carbonyl (C=O) groups is 2. The average molecular weight is 348 g/mol. The van der Waals surface area contributed by atoms with Gasteiger partial charge in [0.05, 0.1) is 12.0 Å². The maximum Gasteiger partial charge on any atom is 0.328 e. The zero-order valence-corrected chi connectivity index (χ0v) is 13.5. The van der Waals surface area contributed by atoms with Crippen LogP contribution in [-0.2, 0) is 25.1 Å². The number of ether oxygens (including phenoxy) is 1. The number of halogens is 1. The van der Waals surface area contributed by atoms with Gasteiger partial charge in [0.1, 0.15) is 12.0 Å². The topological polar surface area (TPSA) is 89.6 Å². The summed E-state index contributed by atoms with van der Waals surface area (Å²) in [6.45, 7) is 6.74. The standard InChI is InChI=1S/C13H18BrNO5/c1-5-19-11(18)13(4,14)8-7-20-9(15-8)6-12(2,3)10(16)17/h7H,5-6H2,1-4H3,(H,16,17). The molecule has 1 heterocycles. The van der Waals surface area contributed by atoms with E-state index in [2.05, 4.69) is 20.9 Å². The molecule has 0 aliphatic heterocycles. The highest BCUT2D eigenvalue weighted by molar-refractivity contribution is 9.10. The van der Waals surface area contributed by atoms with Crippen molar-refractivity contribution in [2.24, 2.45) is 5.41 Å². The summed E-state index contributed by atoms with van der Waals surface area (Å²) in [6, 6.07) is 0. The highest BCUT2D eigenvalue weighted by Gasteiger charge is 2.38. The summed E-state index contributed by atoms with van der Waals surface area (Å²) >= 11 is 3.27. The predicted molar refractivity (Wildman–Crippen MR) is 74.5 cm³/mol. The van der Waals surface area contributed by atoms with Crippen molar-refractivity contribution in [3.05, 3.63) is 17.8 Å². The van der Waals surface area contributed by atoms with E-state index in [0.717, 1.165) is 0 Å². The number of hydrogen-bond acceptors (Lipinski definition) is 5. The van der Waals surface area contributed by atoms with E-state index in [0.29, 0.717) is 5.69 Å². The van der Waals surface area contributed by atoms with Gasteiger partial charge < -0.3 is 14.3 Å². The Balaban J connectivity index is 2.92. The molecule has 1 aromatic rings. The number of oxazole rings is 1. The van der Waals surface area contributed by atoms with Gasteiger partial charge in [0.2, 0.25) is 0 Å². The van der Waals surface area contributed by atoms with Gasteiger partial charge in [0, 0.05) is 6.42 Å². The van der Waals surface area contributed by atoms with Gasteiger partial charge in [-0.25, -0.2) is 4.98 Å². The Labute approximate surface area is 125 Å². The minimum atomic E-state index is -1.11. The second-order valence-electron chi connectivity index (χ2n) is 5.22. The summed E-state index contributed by atoms with van der Waals surface area (Å²) in [6.07, 6.45) is 1.47. The molecule has 7 heteroatoms. The Hall–Kier alpha value is -1.37. The molecule has 20 heavy (non-hydrogen) atoms. The Morgan fingerprint density at radius 3 is 2.55 bits per heavy atom. The van der Waals surface area contributed by atoms with Gasteiger partial charge in [-0.1, -0.05) is 15.9 Å². The average Bonchev–Trinajstić information content (AvgIpc) is 2.77. The summed E-state index contributed by atoms with van der Waals surface area (Å²) in [7, 11) is 0. The quantitative estimate of drug-likeness (QED) is 0.628. The minimum absolute atomic E-state index is 0.133. The van der Waals surface area contributed by atoms with Crippen molar-refractivity contribution in [1.29, 1.82) is 0 Å². The van der Waals surface area contributed by atoms with Crippen LogP contribution in [0.1, 0.15) is 39.3 Å². The molecular weight excluding hydrogens is 330 g/mol. The summed E-state index contributed by atoms with van der Waals surface area (Å²) < 4.78 is 9.09. The lowest BCUT2D eigenvalue weighted by molar-refractivity contribution is -0.147. The van der Waals surface area contributed by atoms with Crippen molar-refractivity contribution < 1.29 is 23.8 Å². The van der Waals surface area contributed by atoms with Crippen molar-refractivity contribution in [2.45, 2.75) is 38.4 Å². The third-order valence-corrected chi connectivity index (χ3v) is 3.59. The van der Waals surface area contributed by atoms with Gasteiger partial charge in [-0.15, -0.1) is 0 Å². The van der Waals surface area contributed by atoms with E-state index >= 15 is 0 Å². The molecule has 0 saturated carbocycles. The monoisotopic (exact) mass is 347 g/mol. The molecule has 0 fully saturated rings. The van der Waals surface area contributed by atoms with Gasteiger partial charge in [0.15, 0.2) is 10.2 Å². The molecule has 1 N–H and O–H groups in total. The molecule has 0 bridgehead atoms. The Morgan fingerprint density at radius 1 is 1.45 bits per heavy atom. The summed E-state index contributed by atoms with van der Waals surface area (Å²) in [5, 5.41) is 9.07. The number of alkyl halides is 1.